The van der Waals surface area contributed by atoms with Crippen molar-refractivity contribution < 1.29 is 13.6 Å². The van der Waals surface area contributed by atoms with E-state index in [9.17, 15) is 14.0 Å². The Bertz CT molecular complexity index is 1570. The zero-order valence-corrected chi connectivity index (χ0v) is 21.1. The summed E-state index contributed by atoms with van der Waals surface area (Å²) in [4.78, 5) is 41.8. The lowest BCUT2D eigenvalue weighted by atomic mass is 9.81. The third-order valence-electron chi connectivity index (χ3n) is 7.75. The van der Waals surface area contributed by atoms with Gasteiger partial charge in [0.25, 0.3) is 11.5 Å². The average Bonchev–Trinajstić information content (AvgIpc) is 3.29. The van der Waals surface area contributed by atoms with Gasteiger partial charge in [0.15, 0.2) is 5.65 Å². The highest BCUT2D eigenvalue weighted by atomic mass is 19.1. The van der Waals surface area contributed by atoms with Gasteiger partial charge in [0, 0.05) is 43.0 Å². The summed E-state index contributed by atoms with van der Waals surface area (Å²) in [5, 5.41) is 3.00. The van der Waals surface area contributed by atoms with Crippen molar-refractivity contribution in [3.05, 3.63) is 69.9 Å². The second-order valence-electron chi connectivity index (χ2n) is 10.3. The maximum atomic E-state index is 15.5. The van der Waals surface area contributed by atoms with Crippen LogP contribution in [0.15, 0.2) is 47.5 Å². The van der Waals surface area contributed by atoms with Crippen molar-refractivity contribution in [2.75, 3.05) is 19.8 Å². The van der Waals surface area contributed by atoms with Crippen LogP contribution in [0, 0.1) is 12.8 Å². The van der Waals surface area contributed by atoms with Gasteiger partial charge in [-0.1, -0.05) is 30.7 Å². The third kappa shape index (κ3) is 4.08. The van der Waals surface area contributed by atoms with E-state index in [1.165, 1.54) is 16.8 Å². The molecule has 1 aliphatic heterocycles. The molecule has 1 amide bonds. The summed E-state index contributed by atoms with van der Waals surface area (Å²) in [7, 11) is 0. The topological polar surface area (TPSA) is 96.2 Å². The fourth-order valence-corrected chi connectivity index (χ4v) is 5.54. The van der Waals surface area contributed by atoms with Crippen LogP contribution in [0.3, 0.4) is 0 Å². The molecule has 8 nitrogen and oxygen atoms in total. The molecule has 6 rings (SSSR count). The minimum atomic E-state index is -1.33. The van der Waals surface area contributed by atoms with Crippen LogP contribution in [0.1, 0.15) is 53.7 Å². The van der Waals surface area contributed by atoms with E-state index in [1.807, 2.05) is 0 Å². The van der Waals surface area contributed by atoms with Crippen molar-refractivity contribution >= 4 is 11.6 Å². The summed E-state index contributed by atoms with van der Waals surface area (Å²) in [6.07, 6.45) is 6.87. The van der Waals surface area contributed by atoms with E-state index in [4.69, 9.17) is 4.98 Å². The molecule has 196 valence electrons. The fraction of sp³-hybridized carbons (Fsp3) is 0.393. The normalized spacial score (nSPS) is 17.5. The second kappa shape index (κ2) is 9.41. The lowest BCUT2D eigenvalue weighted by molar-refractivity contribution is 0.0455. The first-order chi connectivity index (χ1) is 18.4. The number of nitrogens with zero attached hydrogens (tertiary/aromatic N) is 5. The predicted molar refractivity (Wildman–Crippen MR) is 138 cm³/mol. The molecule has 0 bridgehead atoms. The van der Waals surface area contributed by atoms with E-state index in [0.29, 0.717) is 59.8 Å². The first kappa shape index (κ1) is 24.4. The highest BCUT2D eigenvalue weighted by Gasteiger charge is 2.36. The first-order valence-electron chi connectivity index (χ1n) is 13.0. The summed E-state index contributed by atoms with van der Waals surface area (Å²) >= 11 is 0. The van der Waals surface area contributed by atoms with Crippen LogP contribution in [-0.2, 0) is 5.67 Å². The third-order valence-corrected chi connectivity index (χ3v) is 7.75. The molecule has 0 unspecified atom stereocenters. The number of hydrogen-bond donors (Lipinski definition) is 1. The Morgan fingerprint density at radius 3 is 2.50 bits per heavy atom. The number of likely N-dealkylation sites (tertiary alicyclic amines) is 1. The maximum absolute atomic E-state index is 15.5. The maximum Gasteiger partial charge on any atom is 0.273 e. The van der Waals surface area contributed by atoms with Crippen LogP contribution in [0.4, 0.5) is 8.78 Å². The molecule has 1 saturated heterocycles. The van der Waals surface area contributed by atoms with Crippen molar-refractivity contribution in [1.29, 1.82) is 0 Å². The molecule has 2 fully saturated rings. The van der Waals surface area contributed by atoms with E-state index in [2.05, 4.69) is 15.1 Å². The van der Waals surface area contributed by atoms with Gasteiger partial charge in [-0.15, -0.1) is 0 Å². The molecular formula is C28H28F2N6O2. The Labute approximate surface area is 217 Å². The van der Waals surface area contributed by atoms with E-state index in [1.54, 1.807) is 42.3 Å². The molecule has 38 heavy (non-hydrogen) atoms. The number of nitrogens with one attached hydrogen (secondary N) is 1. The molecule has 1 aliphatic carbocycles. The smallest absolute Gasteiger partial charge is 0.273 e. The number of aryl methyl sites for hydroxylation is 1. The van der Waals surface area contributed by atoms with Gasteiger partial charge in [0.05, 0.1) is 23.8 Å². The van der Waals surface area contributed by atoms with Crippen molar-refractivity contribution in [3.63, 3.8) is 0 Å². The average molecular weight is 519 g/mol. The van der Waals surface area contributed by atoms with Gasteiger partial charge in [-0.25, -0.2) is 13.9 Å². The van der Waals surface area contributed by atoms with Crippen LogP contribution in [0.2, 0.25) is 0 Å². The minimum Gasteiger partial charge on any atom is -0.338 e. The van der Waals surface area contributed by atoms with E-state index in [0.717, 1.165) is 19.3 Å². The lowest BCUT2D eigenvalue weighted by Gasteiger charge is -2.37. The molecule has 3 aromatic heterocycles. The zero-order chi connectivity index (χ0) is 26.4. The molecular weight excluding hydrogens is 490 g/mol. The number of aromatic amines is 1. The summed E-state index contributed by atoms with van der Waals surface area (Å²) in [5.74, 6) is -0.553. The van der Waals surface area contributed by atoms with Gasteiger partial charge >= 0.3 is 0 Å². The second-order valence-corrected chi connectivity index (χ2v) is 10.3. The van der Waals surface area contributed by atoms with Crippen LogP contribution < -0.4 is 5.56 Å². The number of carbonyl (C=O) groups excluding carboxylic acids is 1. The van der Waals surface area contributed by atoms with E-state index < -0.39 is 17.9 Å². The zero-order valence-electron chi connectivity index (χ0n) is 21.1. The van der Waals surface area contributed by atoms with Gasteiger partial charge in [-0.3, -0.25) is 29.0 Å². The number of alkyl halides is 2. The SMILES string of the molecule is Cc1nccnc1-c1[nH]n2c(=O)cc(-c3ccc(C4(F)CCCCC4)cc3)nc2c1C(=O)N1CC(CF)C1. The van der Waals surface area contributed by atoms with Gasteiger partial charge in [-0.05, 0) is 38.2 Å². The summed E-state index contributed by atoms with van der Waals surface area (Å²) in [5.41, 5.74) is 1.59. The van der Waals surface area contributed by atoms with Gasteiger partial charge in [0.2, 0.25) is 0 Å². The quantitative estimate of drug-likeness (QED) is 0.416. The van der Waals surface area contributed by atoms with Crippen LogP contribution in [-0.4, -0.2) is 55.1 Å². The molecule has 1 saturated carbocycles. The van der Waals surface area contributed by atoms with Crippen LogP contribution in [0.5, 0.6) is 0 Å². The standard InChI is InChI=1S/C28H28F2N6O2/c1-17-24(32-12-11-31-17)25-23(27(38)35-15-18(14-29)16-35)26-33-21(13-22(37)36(26)34-25)19-5-7-20(8-6-19)28(30)9-3-2-4-10-28/h5-8,11-13,18,34H,2-4,9-10,14-16H2,1H3. The highest BCUT2D eigenvalue weighted by Crippen LogP contribution is 2.41. The van der Waals surface area contributed by atoms with Gasteiger partial charge < -0.3 is 4.90 Å². The largest absolute Gasteiger partial charge is 0.338 e. The monoisotopic (exact) mass is 518 g/mol. The van der Waals surface area contributed by atoms with E-state index in [-0.39, 0.29) is 23.0 Å². The Balaban J connectivity index is 1.46. The number of hydrogen-bond acceptors (Lipinski definition) is 5. The Morgan fingerprint density at radius 1 is 1.11 bits per heavy atom. The Morgan fingerprint density at radius 2 is 1.82 bits per heavy atom. The number of aromatic nitrogens is 5. The van der Waals surface area contributed by atoms with Crippen molar-refractivity contribution in [2.24, 2.45) is 5.92 Å². The molecule has 10 heteroatoms. The number of H-pyrrole nitrogens is 1. The minimum absolute atomic E-state index is 0.152. The fourth-order valence-electron chi connectivity index (χ4n) is 5.54. The summed E-state index contributed by atoms with van der Waals surface area (Å²) in [6.45, 7) is 1.85. The predicted octanol–water partition coefficient (Wildman–Crippen LogP) is 4.63. The van der Waals surface area contributed by atoms with Crippen LogP contribution >= 0.6 is 0 Å². The number of halogens is 2. The lowest BCUT2D eigenvalue weighted by Crippen LogP contribution is -2.50. The van der Waals surface area contributed by atoms with E-state index >= 15 is 4.39 Å². The molecule has 0 spiro atoms. The number of carbonyl (C=O) groups is 1. The van der Waals surface area contributed by atoms with Crippen molar-refractivity contribution in [1.82, 2.24) is 29.5 Å². The summed E-state index contributed by atoms with van der Waals surface area (Å²) < 4.78 is 29.8. The summed E-state index contributed by atoms with van der Waals surface area (Å²) in [6, 6.07) is 8.45. The number of amides is 1. The molecule has 1 aromatic carbocycles. The number of benzene rings is 1. The first-order valence-corrected chi connectivity index (χ1v) is 13.0. The number of rotatable bonds is 5. The molecule has 2 aliphatic rings. The molecule has 0 radical (unpaired) electrons. The van der Waals surface area contributed by atoms with Gasteiger partial charge in [-0.2, -0.15) is 0 Å². The Hall–Kier alpha value is -3.95. The van der Waals surface area contributed by atoms with Gasteiger partial charge in [0.1, 0.15) is 16.9 Å². The molecule has 4 aromatic rings. The molecule has 0 atom stereocenters. The highest BCUT2D eigenvalue weighted by molar-refractivity contribution is 6.06. The van der Waals surface area contributed by atoms with Crippen molar-refractivity contribution in [3.8, 4) is 22.6 Å². The molecule has 4 heterocycles. The van der Waals surface area contributed by atoms with Crippen LogP contribution in [0.25, 0.3) is 28.3 Å². The number of fused-ring (bicyclic) bond motifs is 1. The Kier molecular flexibility index (Phi) is 6.04. The molecule has 1 N–H and O–H groups in total. The van der Waals surface area contributed by atoms with Crippen molar-refractivity contribution in [2.45, 2.75) is 44.7 Å².